The number of unbranched alkanes of at least 4 members (excludes halogenated alkanes) is 2. The van der Waals surface area contributed by atoms with Crippen LogP contribution in [0.3, 0.4) is 0 Å². The number of nitrogens with one attached hydrogen (secondary N) is 1. The van der Waals surface area contributed by atoms with E-state index in [4.69, 9.17) is 0 Å². The second kappa shape index (κ2) is 9.76. The van der Waals surface area contributed by atoms with Crippen LogP contribution < -0.4 is 5.32 Å². The molecule has 18 heavy (non-hydrogen) atoms. The third-order valence-corrected chi connectivity index (χ3v) is 4.07. The minimum Gasteiger partial charge on any atom is -0.313 e. The number of rotatable bonds is 9. The van der Waals surface area contributed by atoms with Crippen LogP contribution in [-0.4, -0.2) is 61.7 Å². The molecule has 0 saturated carbocycles. The monoisotopic (exact) mass is 255 g/mol. The Morgan fingerprint density at radius 3 is 2.28 bits per heavy atom. The Hall–Kier alpha value is -0.120. The Kier molecular flexibility index (Phi) is 8.64. The van der Waals surface area contributed by atoms with Crippen molar-refractivity contribution in [3.05, 3.63) is 0 Å². The molecule has 0 aromatic carbocycles. The van der Waals surface area contributed by atoms with Gasteiger partial charge in [-0.1, -0.05) is 33.1 Å². The Morgan fingerprint density at radius 1 is 1.00 bits per heavy atom. The predicted octanol–water partition coefficient (Wildman–Crippen LogP) is 2.18. The molecule has 0 amide bonds. The predicted molar refractivity (Wildman–Crippen MR) is 80.2 cm³/mol. The Labute approximate surface area is 114 Å². The molecule has 1 aliphatic heterocycles. The van der Waals surface area contributed by atoms with Gasteiger partial charge in [-0.2, -0.15) is 0 Å². The summed E-state index contributed by atoms with van der Waals surface area (Å²) < 4.78 is 0. The molecule has 1 aliphatic rings. The highest BCUT2D eigenvalue weighted by Crippen LogP contribution is 2.03. The topological polar surface area (TPSA) is 18.5 Å². The van der Waals surface area contributed by atoms with Crippen LogP contribution in [0.15, 0.2) is 0 Å². The Bertz CT molecular complexity index is 188. The first-order valence-electron chi connectivity index (χ1n) is 7.94. The largest absolute Gasteiger partial charge is 0.313 e. The molecular weight excluding hydrogens is 222 g/mol. The molecule has 108 valence electrons. The third kappa shape index (κ3) is 6.72. The maximum atomic E-state index is 3.66. The van der Waals surface area contributed by atoms with Gasteiger partial charge in [0, 0.05) is 45.3 Å². The van der Waals surface area contributed by atoms with E-state index >= 15 is 0 Å². The van der Waals surface area contributed by atoms with Crippen molar-refractivity contribution in [1.29, 1.82) is 0 Å². The Morgan fingerprint density at radius 2 is 1.67 bits per heavy atom. The minimum absolute atomic E-state index is 0.688. The second-order valence-corrected chi connectivity index (χ2v) is 5.63. The van der Waals surface area contributed by atoms with E-state index in [-0.39, 0.29) is 0 Å². The first kappa shape index (κ1) is 15.9. The van der Waals surface area contributed by atoms with E-state index in [2.05, 4.69) is 35.9 Å². The standard InChI is InChI=1S/C15H33N3/c1-4-6-7-8-15(3)16-9-10-18-13-11-17(5-2)12-14-18/h15-16H,4-14H2,1-3H3. The van der Waals surface area contributed by atoms with Gasteiger partial charge in [0.1, 0.15) is 0 Å². The number of piperazine rings is 1. The summed E-state index contributed by atoms with van der Waals surface area (Å²) in [7, 11) is 0. The number of likely N-dealkylation sites (N-methyl/N-ethyl adjacent to an activating group) is 1. The summed E-state index contributed by atoms with van der Waals surface area (Å²) in [4.78, 5) is 5.13. The van der Waals surface area contributed by atoms with Crippen molar-refractivity contribution < 1.29 is 0 Å². The van der Waals surface area contributed by atoms with Crippen LogP contribution in [0, 0.1) is 0 Å². The number of nitrogens with zero attached hydrogens (tertiary/aromatic N) is 2. The zero-order valence-corrected chi connectivity index (χ0v) is 12.7. The highest BCUT2D eigenvalue weighted by Gasteiger charge is 2.14. The molecule has 3 heteroatoms. The SMILES string of the molecule is CCCCCC(C)NCCN1CCN(CC)CC1. The lowest BCUT2D eigenvalue weighted by Crippen LogP contribution is -2.48. The lowest BCUT2D eigenvalue weighted by Gasteiger charge is -2.34. The fourth-order valence-electron chi connectivity index (χ4n) is 2.60. The molecule has 1 atom stereocenters. The average Bonchev–Trinajstić information content (AvgIpc) is 2.40. The van der Waals surface area contributed by atoms with Crippen LogP contribution in [-0.2, 0) is 0 Å². The van der Waals surface area contributed by atoms with Crippen molar-refractivity contribution in [3.8, 4) is 0 Å². The third-order valence-electron chi connectivity index (χ3n) is 4.07. The molecule has 1 rings (SSSR count). The molecule has 0 aromatic heterocycles. The van der Waals surface area contributed by atoms with E-state index in [1.54, 1.807) is 0 Å². The summed E-state index contributed by atoms with van der Waals surface area (Å²) >= 11 is 0. The zero-order chi connectivity index (χ0) is 13.2. The van der Waals surface area contributed by atoms with Gasteiger partial charge < -0.3 is 10.2 Å². The molecule has 0 bridgehead atoms. The fraction of sp³-hybridized carbons (Fsp3) is 1.00. The summed E-state index contributed by atoms with van der Waals surface area (Å²) in [6.07, 6.45) is 5.41. The molecular formula is C15H33N3. The molecule has 1 N–H and O–H groups in total. The number of hydrogen-bond donors (Lipinski definition) is 1. The lowest BCUT2D eigenvalue weighted by molar-refractivity contribution is 0.137. The molecule has 1 unspecified atom stereocenters. The number of hydrogen-bond acceptors (Lipinski definition) is 3. The van der Waals surface area contributed by atoms with Crippen LogP contribution in [0.25, 0.3) is 0 Å². The van der Waals surface area contributed by atoms with Crippen molar-refractivity contribution >= 4 is 0 Å². The lowest BCUT2D eigenvalue weighted by atomic mass is 10.1. The molecule has 0 radical (unpaired) electrons. The van der Waals surface area contributed by atoms with Crippen LogP contribution in [0.4, 0.5) is 0 Å². The second-order valence-electron chi connectivity index (χ2n) is 5.63. The quantitative estimate of drug-likeness (QED) is 0.637. The smallest absolute Gasteiger partial charge is 0.0110 e. The van der Waals surface area contributed by atoms with E-state index in [1.807, 2.05) is 0 Å². The molecule has 1 heterocycles. The minimum atomic E-state index is 0.688. The zero-order valence-electron chi connectivity index (χ0n) is 12.7. The molecule has 0 aliphatic carbocycles. The van der Waals surface area contributed by atoms with Gasteiger partial charge in [0.15, 0.2) is 0 Å². The van der Waals surface area contributed by atoms with Gasteiger partial charge in [-0.25, -0.2) is 0 Å². The highest BCUT2D eigenvalue weighted by molar-refractivity contribution is 4.72. The van der Waals surface area contributed by atoms with Crippen molar-refractivity contribution in [3.63, 3.8) is 0 Å². The molecule has 1 saturated heterocycles. The average molecular weight is 255 g/mol. The summed E-state index contributed by atoms with van der Waals surface area (Å²) in [6, 6.07) is 0.688. The normalized spacial score (nSPS) is 20.2. The van der Waals surface area contributed by atoms with Crippen LogP contribution in [0.1, 0.15) is 46.5 Å². The van der Waals surface area contributed by atoms with Crippen molar-refractivity contribution in [2.45, 2.75) is 52.5 Å². The molecule has 0 aromatic rings. The Balaban J connectivity index is 1.97. The summed E-state index contributed by atoms with van der Waals surface area (Å²) in [5, 5.41) is 3.66. The summed E-state index contributed by atoms with van der Waals surface area (Å²) in [5.74, 6) is 0. The molecule has 3 nitrogen and oxygen atoms in total. The van der Waals surface area contributed by atoms with Crippen molar-refractivity contribution in [1.82, 2.24) is 15.1 Å². The molecule has 0 spiro atoms. The first-order valence-corrected chi connectivity index (χ1v) is 7.94. The van der Waals surface area contributed by atoms with E-state index in [1.165, 1.54) is 65.0 Å². The van der Waals surface area contributed by atoms with Gasteiger partial charge in [0.2, 0.25) is 0 Å². The fourth-order valence-corrected chi connectivity index (χ4v) is 2.60. The van der Waals surface area contributed by atoms with Gasteiger partial charge in [-0.3, -0.25) is 4.90 Å². The van der Waals surface area contributed by atoms with E-state index in [0.29, 0.717) is 6.04 Å². The van der Waals surface area contributed by atoms with E-state index in [9.17, 15) is 0 Å². The van der Waals surface area contributed by atoms with E-state index < -0.39 is 0 Å². The van der Waals surface area contributed by atoms with E-state index in [0.717, 1.165) is 6.54 Å². The van der Waals surface area contributed by atoms with Gasteiger partial charge in [-0.05, 0) is 19.9 Å². The van der Waals surface area contributed by atoms with Gasteiger partial charge in [-0.15, -0.1) is 0 Å². The maximum Gasteiger partial charge on any atom is 0.0110 e. The van der Waals surface area contributed by atoms with Crippen molar-refractivity contribution in [2.24, 2.45) is 0 Å². The molecule has 1 fully saturated rings. The van der Waals surface area contributed by atoms with Gasteiger partial charge >= 0.3 is 0 Å². The van der Waals surface area contributed by atoms with Crippen LogP contribution >= 0.6 is 0 Å². The maximum absolute atomic E-state index is 3.66. The van der Waals surface area contributed by atoms with Gasteiger partial charge in [0.25, 0.3) is 0 Å². The summed E-state index contributed by atoms with van der Waals surface area (Å²) in [6.45, 7) is 15.4. The van der Waals surface area contributed by atoms with Crippen LogP contribution in [0.5, 0.6) is 0 Å². The highest BCUT2D eigenvalue weighted by atomic mass is 15.3. The van der Waals surface area contributed by atoms with Crippen LogP contribution in [0.2, 0.25) is 0 Å². The van der Waals surface area contributed by atoms with Gasteiger partial charge in [0.05, 0.1) is 0 Å². The summed E-state index contributed by atoms with van der Waals surface area (Å²) in [5.41, 5.74) is 0. The van der Waals surface area contributed by atoms with Crippen molar-refractivity contribution in [2.75, 3.05) is 45.8 Å². The first-order chi connectivity index (χ1) is 8.76.